The Labute approximate surface area is 117 Å². The molecule has 2 rings (SSSR count). The zero-order chi connectivity index (χ0) is 12.1. The van der Waals surface area contributed by atoms with E-state index in [0.717, 1.165) is 18.3 Å². The zero-order valence-corrected chi connectivity index (χ0v) is 12.3. The number of benzene rings is 1. The maximum atomic E-state index is 5.93. The Hall–Kier alpha value is -0.290. The number of ether oxygens (including phenoxy) is 1. The molecule has 0 amide bonds. The van der Waals surface area contributed by atoms with Crippen LogP contribution in [0.2, 0.25) is 0 Å². The van der Waals surface area contributed by atoms with Gasteiger partial charge in [-0.2, -0.15) is 0 Å². The largest absolute Gasteiger partial charge is 0.492 e. The molecule has 1 aliphatic carbocycles. The molecule has 1 aliphatic rings. The highest BCUT2D eigenvalue weighted by Crippen LogP contribution is 2.27. The molecule has 2 N–H and O–H groups in total. The van der Waals surface area contributed by atoms with Crippen LogP contribution >= 0.6 is 22.6 Å². The summed E-state index contributed by atoms with van der Waals surface area (Å²) in [5.41, 5.74) is 6.78. The summed E-state index contributed by atoms with van der Waals surface area (Å²) in [7, 11) is 0. The smallest absolute Gasteiger partial charge is 0.132 e. The zero-order valence-electron chi connectivity index (χ0n) is 10.1. The topological polar surface area (TPSA) is 35.2 Å². The van der Waals surface area contributed by atoms with E-state index >= 15 is 0 Å². The molecule has 1 aromatic rings. The lowest BCUT2D eigenvalue weighted by atomic mass is 9.90. The van der Waals surface area contributed by atoms with E-state index in [1.165, 1.54) is 41.2 Å². The van der Waals surface area contributed by atoms with E-state index in [9.17, 15) is 0 Å². The molecule has 1 aromatic carbocycles. The second-order valence-corrected chi connectivity index (χ2v) is 5.95. The molecule has 0 radical (unpaired) electrons. The van der Waals surface area contributed by atoms with Gasteiger partial charge in [-0.25, -0.2) is 0 Å². The highest BCUT2D eigenvalue weighted by molar-refractivity contribution is 14.1. The Kier molecular flexibility index (Phi) is 5.10. The van der Waals surface area contributed by atoms with Crippen molar-refractivity contribution in [2.75, 3.05) is 6.61 Å². The van der Waals surface area contributed by atoms with Gasteiger partial charge in [0.2, 0.25) is 0 Å². The Morgan fingerprint density at radius 2 is 2.00 bits per heavy atom. The summed E-state index contributed by atoms with van der Waals surface area (Å²) in [6.45, 7) is 1.47. The first-order valence-electron chi connectivity index (χ1n) is 6.41. The van der Waals surface area contributed by atoms with Gasteiger partial charge in [0, 0.05) is 6.54 Å². The molecule has 0 aliphatic heterocycles. The third kappa shape index (κ3) is 3.85. The van der Waals surface area contributed by atoms with Gasteiger partial charge in [0.25, 0.3) is 0 Å². The fourth-order valence-corrected chi connectivity index (χ4v) is 3.09. The van der Waals surface area contributed by atoms with E-state index in [2.05, 4.69) is 34.7 Å². The first kappa shape index (κ1) is 13.1. The maximum absolute atomic E-state index is 5.93. The van der Waals surface area contributed by atoms with Crippen LogP contribution in [0.1, 0.15) is 37.7 Å². The average Bonchev–Trinajstić information content (AvgIpc) is 2.38. The molecule has 94 valence electrons. The number of hydrogen-bond donors (Lipinski definition) is 1. The molecule has 0 heterocycles. The van der Waals surface area contributed by atoms with Gasteiger partial charge in [0.15, 0.2) is 0 Å². The van der Waals surface area contributed by atoms with Crippen LogP contribution in [0.25, 0.3) is 0 Å². The van der Waals surface area contributed by atoms with Crippen molar-refractivity contribution in [2.24, 2.45) is 11.7 Å². The van der Waals surface area contributed by atoms with E-state index in [1.807, 2.05) is 6.07 Å². The first-order chi connectivity index (χ1) is 8.29. The van der Waals surface area contributed by atoms with Crippen molar-refractivity contribution in [1.29, 1.82) is 0 Å². The van der Waals surface area contributed by atoms with Gasteiger partial charge in [-0.05, 0) is 59.0 Å². The molecule has 0 atom stereocenters. The molecular formula is C14H20INO. The number of nitrogens with two attached hydrogens (primary N) is 1. The lowest BCUT2D eigenvalue weighted by Gasteiger charge is -2.22. The van der Waals surface area contributed by atoms with E-state index < -0.39 is 0 Å². The van der Waals surface area contributed by atoms with Crippen LogP contribution in [0, 0.1) is 9.49 Å². The quantitative estimate of drug-likeness (QED) is 0.845. The Morgan fingerprint density at radius 3 is 2.65 bits per heavy atom. The summed E-state index contributed by atoms with van der Waals surface area (Å²) in [6.07, 6.45) is 6.81. The van der Waals surface area contributed by atoms with Gasteiger partial charge in [-0.3, -0.25) is 0 Å². The summed E-state index contributed by atoms with van der Waals surface area (Å²) in [5, 5.41) is 0. The monoisotopic (exact) mass is 345 g/mol. The van der Waals surface area contributed by atoms with Gasteiger partial charge >= 0.3 is 0 Å². The number of hydrogen-bond acceptors (Lipinski definition) is 2. The highest BCUT2D eigenvalue weighted by atomic mass is 127. The molecule has 0 unspecified atom stereocenters. The summed E-state index contributed by atoms with van der Waals surface area (Å²) >= 11 is 2.32. The van der Waals surface area contributed by atoms with Crippen molar-refractivity contribution in [3.8, 4) is 5.75 Å². The number of halogens is 1. The van der Waals surface area contributed by atoms with Crippen LogP contribution in [-0.4, -0.2) is 6.61 Å². The predicted molar refractivity (Wildman–Crippen MR) is 79.1 cm³/mol. The Balaban J connectivity index is 1.89. The molecule has 1 saturated carbocycles. The second kappa shape index (κ2) is 6.59. The van der Waals surface area contributed by atoms with Gasteiger partial charge in [-0.15, -0.1) is 0 Å². The standard InChI is InChI=1S/C14H20INO/c15-13-8-12(9-16)6-7-14(13)17-10-11-4-2-1-3-5-11/h6-8,11H,1-5,9-10,16H2. The van der Waals surface area contributed by atoms with Crippen molar-refractivity contribution >= 4 is 22.6 Å². The molecule has 0 saturated heterocycles. The Bertz CT molecular complexity index is 361. The summed E-state index contributed by atoms with van der Waals surface area (Å²) in [6, 6.07) is 6.21. The van der Waals surface area contributed by atoms with E-state index in [1.54, 1.807) is 0 Å². The van der Waals surface area contributed by atoms with Gasteiger partial charge in [-0.1, -0.05) is 25.3 Å². The van der Waals surface area contributed by atoms with Crippen LogP contribution in [0.3, 0.4) is 0 Å². The van der Waals surface area contributed by atoms with Crippen molar-refractivity contribution in [3.63, 3.8) is 0 Å². The lowest BCUT2D eigenvalue weighted by Crippen LogP contribution is -2.15. The maximum Gasteiger partial charge on any atom is 0.132 e. The molecule has 0 bridgehead atoms. The summed E-state index contributed by atoms with van der Waals surface area (Å²) < 4.78 is 7.10. The second-order valence-electron chi connectivity index (χ2n) is 4.78. The normalized spacial score (nSPS) is 17.1. The Morgan fingerprint density at radius 1 is 1.24 bits per heavy atom. The van der Waals surface area contributed by atoms with Crippen LogP contribution in [-0.2, 0) is 6.54 Å². The SMILES string of the molecule is NCc1ccc(OCC2CCCCC2)c(I)c1. The molecule has 2 nitrogen and oxygen atoms in total. The van der Waals surface area contributed by atoms with Crippen LogP contribution < -0.4 is 10.5 Å². The molecular weight excluding hydrogens is 325 g/mol. The summed E-state index contributed by atoms with van der Waals surface area (Å²) in [5.74, 6) is 1.77. The van der Waals surface area contributed by atoms with E-state index in [4.69, 9.17) is 10.5 Å². The van der Waals surface area contributed by atoms with Crippen LogP contribution in [0.5, 0.6) is 5.75 Å². The highest BCUT2D eigenvalue weighted by Gasteiger charge is 2.14. The third-order valence-corrected chi connectivity index (χ3v) is 4.27. The average molecular weight is 345 g/mol. The minimum atomic E-state index is 0.596. The molecule has 17 heavy (non-hydrogen) atoms. The minimum absolute atomic E-state index is 0.596. The van der Waals surface area contributed by atoms with Crippen LogP contribution in [0.15, 0.2) is 18.2 Å². The fraction of sp³-hybridized carbons (Fsp3) is 0.571. The molecule has 1 fully saturated rings. The van der Waals surface area contributed by atoms with Crippen molar-refractivity contribution in [2.45, 2.75) is 38.6 Å². The van der Waals surface area contributed by atoms with Crippen molar-refractivity contribution < 1.29 is 4.74 Å². The minimum Gasteiger partial charge on any atom is -0.492 e. The van der Waals surface area contributed by atoms with Crippen LogP contribution in [0.4, 0.5) is 0 Å². The lowest BCUT2D eigenvalue weighted by molar-refractivity contribution is 0.207. The molecule has 0 spiro atoms. The predicted octanol–water partition coefficient (Wildman–Crippen LogP) is 3.71. The fourth-order valence-electron chi connectivity index (χ4n) is 2.35. The summed E-state index contributed by atoms with van der Waals surface area (Å²) in [4.78, 5) is 0. The third-order valence-electron chi connectivity index (χ3n) is 3.43. The first-order valence-corrected chi connectivity index (χ1v) is 7.49. The van der Waals surface area contributed by atoms with Gasteiger partial charge in [0.05, 0.1) is 10.2 Å². The van der Waals surface area contributed by atoms with Crippen molar-refractivity contribution in [1.82, 2.24) is 0 Å². The van der Waals surface area contributed by atoms with Gasteiger partial charge in [0.1, 0.15) is 5.75 Å². The molecule has 3 heteroatoms. The number of rotatable bonds is 4. The van der Waals surface area contributed by atoms with Crippen molar-refractivity contribution in [3.05, 3.63) is 27.3 Å². The van der Waals surface area contributed by atoms with Gasteiger partial charge < -0.3 is 10.5 Å². The molecule has 0 aromatic heterocycles. The van der Waals surface area contributed by atoms with E-state index in [-0.39, 0.29) is 0 Å². The van der Waals surface area contributed by atoms with E-state index in [0.29, 0.717) is 6.54 Å².